The number of hydrogen-bond acceptors (Lipinski definition) is 1. The highest BCUT2D eigenvalue weighted by Crippen LogP contribution is 2.29. The molecule has 1 fully saturated rings. The third-order valence-electron chi connectivity index (χ3n) is 2.60. The maximum atomic E-state index is 3.64. The molecule has 0 bridgehead atoms. The summed E-state index contributed by atoms with van der Waals surface area (Å²) in [4.78, 5) is 0. The molecule has 1 saturated carbocycles. The molecular weight excluding hydrogens is 134 g/mol. The Kier molecular flexibility index (Phi) is 3.38. The van der Waals surface area contributed by atoms with Crippen LogP contribution in [0, 0.1) is 5.92 Å². The zero-order valence-corrected chi connectivity index (χ0v) is 8.06. The minimum atomic E-state index is 0.741. The standard InChI is InChI=1S/C10H21N/c1-4-5-6-9(3)11-10-7-8(10)2/h8-11H,4-7H2,1-3H3. The molecule has 1 aliphatic carbocycles. The van der Waals surface area contributed by atoms with Gasteiger partial charge in [0.25, 0.3) is 0 Å². The van der Waals surface area contributed by atoms with Crippen LogP contribution in [0.1, 0.15) is 46.5 Å². The van der Waals surface area contributed by atoms with Gasteiger partial charge in [-0.25, -0.2) is 0 Å². The largest absolute Gasteiger partial charge is 0.311 e. The van der Waals surface area contributed by atoms with Crippen molar-refractivity contribution in [2.75, 3.05) is 0 Å². The van der Waals surface area contributed by atoms with Gasteiger partial charge >= 0.3 is 0 Å². The van der Waals surface area contributed by atoms with Gasteiger partial charge in [-0.05, 0) is 25.7 Å². The molecule has 0 spiro atoms. The minimum absolute atomic E-state index is 0.741. The van der Waals surface area contributed by atoms with Crippen LogP contribution in [0.5, 0.6) is 0 Å². The third-order valence-corrected chi connectivity index (χ3v) is 2.60. The molecule has 0 aromatic carbocycles. The monoisotopic (exact) mass is 155 g/mol. The van der Waals surface area contributed by atoms with Crippen LogP contribution in [0.25, 0.3) is 0 Å². The predicted molar refractivity (Wildman–Crippen MR) is 49.7 cm³/mol. The minimum Gasteiger partial charge on any atom is -0.311 e. The summed E-state index contributed by atoms with van der Waals surface area (Å²) >= 11 is 0. The molecule has 0 aromatic rings. The van der Waals surface area contributed by atoms with E-state index in [1.807, 2.05) is 0 Å². The van der Waals surface area contributed by atoms with E-state index in [0.717, 1.165) is 18.0 Å². The van der Waals surface area contributed by atoms with Crippen molar-refractivity contribution in [2.45, 2.75) is 58.5 Å². The highest BCUT2D eigenvalue weighted by atomic mass is 15.0. The average Bonchev–Trinajstić information content (AvgIpc) is 2.62. The van der Waals surface area contributed by atoms with Crippen molar-refractivity contribution in [3.63, 3.8) is 0 Å². The summed E-state index contributed by atoms with van der Waals surface area (Å²) in [6, 6.07) is 1.59. The zero-order chi connectivity index (χ0) is 8.27. The molecule has 66 valence electrons. The second kappa shape index (κ2) is 4.10. The smallest absolute Gasteiger partial charge is 0.00988 e. The van der Waals surface area contributed by atoms with E-state index >= 15 is 0 Å². The lowest BCUT2D eigenvalue weighted by Gasteiger charge is -2.12. The van der Waals surface area contributed by atoms with Crippen molar-refractivity contribution in [3.8, 4) is 0 Å². The summed E-state index contributed by atoms with van der Waals surface area (Å²) < 4.78 is 0. The molecule has 0 heterocycles. The fraction of sp³-hybridized carbons (Fsp3) is 1.00. The zero-order valence-electron chi connectivity index (χ0n) is 8.06. The molecule has 0 amide bonds. The van der Waals surface area contributed by atoms with Crippen LogP contribution in [-0.4, -0.2) is 12.1 Å². The fourth-order valence-electron chi connectivity index (χ4n) is 1.51. The van der Waals surface area contributed by atoms with E-state index in [0.29, 0.717) is 0 Å². The number of hydrogen-bond donors (Lipinski definition) is 1. The Morgan fingerprint density at radius 3 is 2.64 bits per heavy atom. The van der Waals surface area contributed by atoms with Gasteiger partial charge in [-0.2, -0.15) is 0 Å². The highest BCUT2D eigenvalue weighted by Gasteiger charge is 2.32. The first-order valence-corrected chi connectivity index (χ1v) is 5.00. The Balaban J connectivity index is 1.97. The third kappa shape index (κ3) is 3.24. The predicted octanol–water partition coefficient (Wildman–Crippen LogP) is 2.56. The Hall–Kier alpha value is -0.0400. The van der Waals surface area contributed by atoms with Crippen LogP contribution in [0.2, 0.25) is 0 Å². The molecule has 1 nitrogen and oxygen atoms in total. The summed E-state index contributed by atoms with van der Waals surface area (Å²) in [5.41, 5.74) is 0. The molecule has 3 unspecified atom stereocenters. The summed E-state index contributed by atoms with van der Waals surface area (Å²) in [6.45, 7) is 6.89. The van der Waals surface area contributed by atoms with E-state index in [1.54, 1.807) is 0 Å². The molecule has 1 N–H and O–H groups in total. The quantitative estimate of drug-likeness (QED) is 0.643. The molecule has 0 aliphatic heterocycles. The van der Waals surface area contributed by atoms with Crippen LogP contribution in [0.3, 0.4) is 0 Å². The first-order valence-electron chi connectivity index (χ1n) is 5.00. The van der Waals surface area contributed by atoms with Crippen LogP contribution in [0.4, 0.5) is 0 Å². The molecule has 1 aliphatic rings. The van der Waals surface area contributed by atoms with Gasteiger partial charge in [0, 0.05) is 12.1 Å². The number of unbranched alkanes of at least 4 members (excludes halogenated alkanes) is 1. The first-order chi connectivity index (χ1) is 5.24. The van der Waals surface area contributed by atoms with E-state index in [1.165, 1.54) is 25.7 Å². The van der Waals surface area contributed by atoms with E-state index in [9.17, 15) is 0 Å². The van der Waals surface area contributed by atoms with Gasteiger partial charge in [-0.3, -0.25) is 0 Å². The van der Waals surface area contributed by atoms with Gasteiger partial charge in [0.1, 0.15) is 0 Å². The molecule has 3 atom stereocenters. The van der Waals surface area contributed by atoms with Crippen LogP contribution < -0.4 is 5.32 Å². The summed E-state index contributed by atoms with van der Waals surface area (Å²) in [7, 11) is 0. The second-order valence-corrected chi connectivity index (χ2v) is 4.03. The molecule has 11 heavy (non-hydrogen) atoms. The van der Waals surface area contributed by atoms with Crippen LogP contribution >= 0.6 is 0 Å². The van der Waals surface area contributed by atoms with Gasteiger partial charge in [-0.1, -0.05) is 26.7 Å². The van der Waals surface area contributed by atoms with Crippen molar-refractivity contribution < 1.29 is 0 Å². The van der Waals surface area contributed by atoms with Gasteiger partial charge in [-0.15, -0.1) is 0 Å². The second-order valence-electron chi connectivity index (χ2n) is 4.03. The normalized spacial score (nSPS) is 31.9. The summed E-state index contributed by atoms with van der Waals surface area (Å²) in [6.07, 6.45) is 5.44. The van der Waals surface area contributed by atoms with Crippen molar-refractivity contribution in [3.05, 3.63) is 0 Å². The Labute approximate surface area is 70.6 Å². The van der Waals surface area contributed by atoms with Gasteiger partial charge in [0.2, 0.25) is 0 Å². The van der Waals surface area contributed by atoms with Crippen molar-refractivity contribution >= 4 is 0 Å². The van der Waals surface area contributed by atoms with Gasteiger partial charge in [0.15, 0.2) is 0 Å². The number of rotatable bonds is 5. The van der Waals surface area contributed by atoms with Crippen LogP contribution in [-0.2, 0) is 0 Å². The van der Waals surface area contributed by atoms with Crippen molar-refractivity contribution in [1.82, 2.24) is 5.32 Å². The van der Waals surface area contributed by atoms with Crippen molar-refractivity contribution in [2.24, 2.45) is 5.92 Å². The van der Waals surface area contributed by atoms with E-state index in [2.05, 4.69) is 26.1 Å². The molecular formula is C10H21N. The maximum Gasteiger partial charge on any atom is 0.00988 e. The Bertz CT molecular complexity index is 111. The van der Waals surface area contributed by atoms with Crippen LogP contribution in [0.15, 0.2) is 0 Å². The van der Waals surface area contributed by atoms with E-state index < -0.39 is 0 Å². The molecule has 0 aromatic heterocycles. The first kappa shape index (κ1) is 9.05. The molecule has 1 heteroatoms. The Morgan fingerprint density at radius 2 is 2.18 bits per heavy atom. The van der Waals surface area contributed by atoms with Gasteiger partial charge in [0.05, 0.1) is 0 Å². The van der Waals surface area contributed by atoms with Gasteiger partial charge < -0.3 is 5.32 Å². The molecule has 1 rings (SSSR count). The summed E-state index contributed by atoms with van der Waals surface area (Å²) in [5, 5.41) is 3.64. The SMILES string of the molecule is CCCCC(C)NC1CC1C. The van der Waals surface area contributed by atoms with E-state index in [-0.39, 0.29) is 0 Å². The lowest BCUT2D eigenvalue weighted by molar-refractivity contribution is 0.482. The molecule has 0 saturated heterocycles. The van der Waals surface area contributed by atoms with E-state index in [4.69, 9.17) is 0 Å². The Morgan fingerprint density at radius 1 is 1.55 bits per heavy atom. The highest BCUT2D eigenvalue weighted by molar-refractivity contribution is 4.90. The summed E-state index contributed by atoms with van der Waals surface area (Å²) in [5.74, 6) is 0.944. The topological polar surface area (TPSA) is 12.0 Å². The van der Waals surface area contributed by atoms with Crippen molar-refractivity contribution in [1.29, 1.82) is 0 Å². The number of nitrogens with one attached hydrogen (secondary N) is 1. The molecule has 0 radical (unpaired) electrons. The lowest BCUT2D eigenvalue weighted by atomic mass is 10.1. The lowest BCUT2D eigenvalue weighted by Crippen LogP contribution is -2.28. The maximum absolute atomic E-state index is 3.64. The average molecular weight is 155 g/mol. The fourth-order valence-corrected chi connectivity index (χ4v) is 1.51.